The smallest absolute Gasteiger partial charge is 0.270 e. The van der Waals surface area contributed by atoms with Crippen LogP contribution in [-0.2, 0) is 14.3 Å². The largest absolute Gasteiger partial charge is 0.504 e. The van der Waals surface area contributed by atoms with Crippen LogP contribution in [0.2, 0.25) is 0 Å². The van der Waals surface area contributed by atoms with E-state index in [0.717, 1.165) is 12.1 Å². The maximum atomic E-state index is 12.4. The normalized spacial score (nSPS) is 17.5. The van der Waals surface area contributed by atoms with Gasteiger partial charge < -0.3 is 30.3 Å². The van der Waals surface area contributed by atoms with Crippen molar-refractivity contribution in [3.8, 4) is 11.5 Å². The summed E-state index contributed by atoms with van der Waals surface area (Å²) in [7, 11) is 0. The van der Waals surface area contributed by atoms with Gasteiger partial charge in [0.15, 0.2) is 23.0 Å². The van der Waals surface area contributed by atoms with Crippen molar-refractivity contribution in [2.24, 2.45) is 0 Å². The molecule has 0 saturated heterocycles. The van der Waals surface area contributed by atoms with Crippen molar-refractivity contribution in [2.45, 2.75) is 0 Å². The molecule has 10 nitrogen and oxygen atoms in total. The Kier molecular flexibility index (Phi) is 3.53. The summed E-state index contributed by atoms with van der Waals surface area (Å²) in [6, 6.07) is 1.97. The number of fused-ring (bicyclic) bond motifs is 1. The maximum absolute atomic E-state index is 12.4. The molecule has 1 aromatic rings. The van der Waals surface area contributed by atoms with E-state index in [4.69, 9.17) is 4.74 Å². The number of phenols is 2. The first kappa shape index (κ1) is 16.8. The number of rotatable bonds is 2. The molecule has 5 N–H and O–H groups in total. The van der Waals surface area contributed by atoms with Crippen LogP contribution in [0.3, 0.4) is 0 Å². The number of aliphatic hydroxyl groups is 3. The fraction of sp³-hybridized carbons (Fsp3) is 0. The molecule has 0 aliphatic heterocycles. The van der Waals surface area contributed by atoms with Gasteiger partial charge in [-0.05, 0) is 12.1 Å². The lowest BCUT2D eigenvalue weighted by Gasteiger charge is -2.19. The Morgan fingerprint density at radius 1 is 0.731 bits per heavy atom. The van der Waals surface area contributed by atoms with Crippen LogP contribution in [0.1, 0.15) is 20.7 Å². The molecule has 0 radical (unpaired) electrons. The van der Waals surface area contributed by atoms with Crippen LogP contribution in [-0.4, -0.2) is 48.7 Å². The van der Waals surface area contributed by atoms with Crippen LogP contribution in [0.4, 0.5) is 0 Å². The minimum Gasteiger partial charge on any atom is -0.504 e. The first-order valence-electron chi connectivity index (χ1n) is 6.83. The minimum absolute atomic E-state index is 0.361. The van der Waals surface area contributed by atoms with Crippen molar-refractivity contribution in [3.63, 3.8) is 0 Å². The number of aliphatic hydroxyl groups excluding tert-OH is 3. The Balaban J connectivity index is 2.04. The number of hydrogen-bond donors (Lipinski definition) is 5. The van der Waals surface area contributed by atoms with Gasteiger partial charge in [0.05, 0.1) is 5.56 Å². The number of ether oxygens (including phenoxy) is 1. The first-order chi connectivity index (χ1) is 12.1. The second-order valence-corrected chi connectivity index (χ2v) is 5.19. The molecule has 26 heavy (non-hydrogen) atoms. The third-order valence-corrected chi connectivity index (χ3v) is 3.64. The molecule has 0 fully saturated rings. The Morgan fingerprint density at radius 2 is 1.35 bits per heavy atom. The summed E-state index contributed by atoms with van der Waals surface area (Å²) in [6.45, 7) is 0. The first-order valence-corrected chi connectivity index (χ1v) is 6.83. The quantitative estimate of drug-likeness (QED) is 0.371. The topological polar surface area (TPSA) is 179 Å². The van der Waals surface area contributed by atoms with Gasteiger partial charge in [-0.25, -0.2) is 0 Å². The maximum Gasteiger partial charge on any atom is 0.270 e. The fourth-order valence-corrected chi connectivity index (χ4v) is 2.33. The summed E-state index contributed by atoms with van der Waals surface area (Å²) in [4.78, 5) is 47.8. The van der Waals surface area contributed by atoms with Gasteiger partial charge in [0.1, 0.15) is 0 Å². The van der Waals surface area contributed by atoms with Crippen LogP contribution in [0.25, 0.3) is 0 Å². The van der Waals surface area contributed by atoms with E-state index in [9.17, 15) is 44.7 Å². The number of carbonyl (C=O) groups is 4. The highest BCUT2D eigenvalue weighted by atomic mass is 16.5. The van der Waals surface area contributed by atoms with Crippen molar-refractivity contribution in [3.05, 3.63) is 58.1 Å². The summed E-state index contributed by atoms with van der Waals surface area (Å²) < 4.78 is 4.86. The molecular weight excluding hydrogens is 352 g/mol. The number of ketones is 4. The standard InChI is InChI=1S/C16H8O10/c17-5-2-1-4-8(10(5)20)6(18)3-7(9(4)19)26-16-14(24)12(22)11(21)13(23)15(16)25/h1-3,17,20-22,25H. The molecular formula is C16H8O10. The van der Waals surface area contributed by atoms with E-state index < -0.39 is 69.0 Å². The highest BCUT2D eigenvalue weighted by Crippen LogP contribution is 2.36. The zero-order valence-corrected chi connectivity index (χ0v) is 12.5. The Labute approximate surface area is 143 Å². The zero-order chi connectivity index (χ0) is 19.3. The van der Waals surface area contributed by atoms with Crippen molar-refractivity contribution >= 4 is 23.1 Å². The third-order valence-electron chi connectivity index (χ3n) is 3.64. The molecule has 3 rings (SSSR count). The predicted octanol–water partition coefficient (Wildman–Crippen LogP) is 0.626. The van der Waals surface area contributed by atoms with E-state index in [1.54, 1.807) is 0 Å². The van der Waals surface area contributed by atoms with Gasteiger partial charge in [-0.3, -0.25) is 19.2 Å². The number of benzene rings is 1. The molecule has 0 aromatic heterocycles. The van der Waals surface area contributed by atoms with Gasteiger partial charge in [-0.2, -0.15) is 0 Å². The molecule has 132 valence electrons. The average molecular weight is 360 g/mol. The number of aromatic hydroxyl groups is 2. The Bertz CT molecular complexity index is 1020. The number of hydrogen-bond acceptors (Lipinski definition) is 10. The second-order valence-electron chi connectivity index (χ2n) is 5.19. The Hall–Kier alpha value is -4.08. The number of allylic oxidation sites excluding steroid dienone is 2. The van der Waals surface area contributed by atoms with Gasteiger partial charge in [-0.1, -0.05) is 0 Å². The summed E-state index contributed by atoms with van der Waals surface area (Å²) in [6.07, 6.45) is 0.567. The van der Waals surface area contributed by atoms with Crippen LogP contribution in [0.5, 0.6) is 11.5 Å². The van der Waals surface area contributed by atoms with Crippen molar-refractivity contribution < 1.29 is 49.4 Å². The fourth-order valence-electron chi connectivity index (χ4n) is 2.33. The lowest BCUT2D eigenvalue weighted by molar-refractivity contribution is -0.124. The summed E-state index contributed by atoms with van der Waals surface area (Å²) in [5.41, 5.74) is -0.855. The van der Waals surface area contributed by atoms with Crippen LogP contribution in [0, 0.1) is 0 Å². The van der Waals surface area contributed by atoms with Gasteiger partial charge >= 0.3 is 0 Å². The van der Waals surface area contributed by atoms with Crippen LogP contribution in [0.15, 0.2) is 47.0 Å². The molecule has 0 heterocycles. The summed E-state index contributed by atoms with van der Waals surface area (Å²) in [5, 5.41) is 47.4. The molecule has 2 aliphatic carbocycles. The molecule has 0 amide bonds. The molecule has 10 heteroatoms. The van der Waals surface area contributed by atoms with Crippen LogP contribution >= 0.6 is 0 Å². The van der Waals surface area contributed by atoms with E-state index >= 15 is 0 Å². The van der Waals surface area contributed by atoms with E-state index in [2.05, 4.69) is 0 Å². The molecule has 0 atom stereocenters. The molecule has 1 aromatic carbocycles. The zero-order valence-electron chi connectivity index (χ0n) is 12.5. The van der Waals surface area contributed by atoms with E-state index in [1.807, 2.05) is 0 Å². The summed E-state index contributed by atoms with van der Waals surface area (Å²) >= 11 is 0. The molecule has 0 saturated carbocycles. The second kappa shape index (κ2) is 5.48. The van der Waals surface area contributed by atoms with E-state index in [1.165, 1.54) is 0 Å². The molecule has 0 bridgehead atoms. The minimum atomic E-state index is -1.52. The van der Waals surface area contributed by atoms with Crippen molar-refractivity contribution in [1.29, 1.82) is 0 Å². The van der Waals surface area contributed by atoms with Crippen molar-refractivity contribution in [2.75, 3.05) is 0 Å². The van der Waals surface area contributed by atoms with Gasteiger partial charge in [-0.15, -0.1) is 0 Å². The number of carbonyl (C=O) groups excluding carboxylic acids is 4. The average Bonchev–Trinajstić information content (AvgIpc) is 2.61. The molecule has 2 aliphatic rings. The molecule has 0 unspecified atom stereocenters. The van der Waals surface area contributed by atoms with Crippen LogP contribution < -0.4 is 0 Å². The van der Waals surface area contributed by atoms with Crippen molar-refractivity contribution in [1.82, 2.24) is 0 Å². The van der Waals surface area contributed by atoms with Gasteiger partial charge in [0.2, 0.25) is 28.8 Å². The lowest BCUT2D eigenvalue weighted by atomic mass is 9.92. The highest BCUT2D eigenvalue weighted by molar-refractivity contribution is 6.26. The third kappa shape index (κ3) is 2.20. The SMILES string of the molecule is O=C1C(O)=C(O)C(=O)C(OC2=CC(=O)c3c(ccc(O)c3O)C2=O)=C1O. The van der Waals surface area contributed by atoms with Gasteiger partial charge in [0.25, 0.3) is 11.6 Å². The van der Waals surface area contributed by atoms with Gasteiger partial charge in [0, 0.05) is 11.6 Å². The predicted molar refractivity (Wildman–Crippen MR) is 79.6 cm³/mol. The Morgan fingerprint density at radius 3 is 2.00 bits per heavy atom. The monoisotopic (exact) mass is 360 g/mol. The van der Waals surface area contributed by atoms with E-state index in [0.29, 0.717) is 6.08 Å². The highest BCUT2D eigenvalue weighted by Gasteiger charge is 2.39. The lowest BCUT2D eigenvalue weighted by Crippen LogP contribution is -2.27. The van der Waals surface area contributed by atoms with E-state index in [-0.39, 0.29) is 5.56 Å². The number of phenolic OH excluding ortho intramolecular Hbond substituents is 2. The summed E-state index contributed by atoms with van der Waals surface area (Å²) in [5.74, 6) is -12.6. The number of Topliss-reactive ketones (excluding diaryl/α,β-unsaturated/α-hetero) is 3. The molecule has 0 spiro atoms.